The first-order valence-corrected chi connectivity index (χ1v) is 4.02. The molecule has 1 amide bonds. The molecule has 0 fully saturated rings. The second-order valence-corrected chi connectivity index (χ2v) is 3.16. The third-order valence-electron chi connectivity index (χ3n) is 1.84. The van der Waals surface area contributed by atoms with E-state index in [1.54, 1.807) is 0 Å². The average Bonchev–Trinajstić information content (AvgIpc) is 2.03. The highest BCUT2D eigenvalue weighted by Crippen LogP contribution is 2.10. The lowest BCUT2D eigenvalue weighted by atomic mass is 9.99. The monoisotopic (exact) mass is 183 g/mol. The first-order valence-electron chi connectivity index (χ1n) is 4.02. The quantitative estimate of drug-likeness (QED) is 0.470. The number of likely N-dealkylation sites (N-methyl/N-ethyl adjacent to an activating group) is 1. The van der Waals surface area contributed by atoms with Crippen LogP contribution >= 0.6 is 0 Å². The van der Waals surface area contributed by atoms with Gasteiger partial charge in [0.05, 0.1) is 7.11 Å². The molecule has 0 saturated carbocycles. The Morgan fingerprint density at radius 2 is 1.85 bits per heavy atom. The van der Waals surface area contributed by atoms with E-state index in [0.29, 0.717) is 0 Å². The smallest absolute Gasteiger partial charge is 0.328 e. The molecule has 0 aliphatic carbocycles. The van der Waals surface area contributed by atoms with Crippen LogP contribution in [-0.4, -0.2) is 44.7 Å². The number of carbonyl (C=O) groups excluding carboxylic acids is 2. The van der Waals surface area contributed by atoms with E-state index in [1.165, 1.54) is 19.1 Å². The number of methoxy groups -OCH3 is 1. The Bertz CT molecular complexity index is 206. The highest BCUT2D eigenvalue weighted by atomic mass is 16.5. The zero-order valence-electron chi connectivity index (χ0n) is 8.40. The minimum Gasteiger partial charge on any atom is -0.467 e. The lowest BCUT2D eigenvalue weighted by Crippen LogP contribution is -2.45. The molecule has 0 N–H and O–H groups in total. The predicted molar refractivity (Wildman–Crippen MR) is 49.6 cm³/mol. The van der Waals surface area contributed by atoms with Crippen molar-refractivity contribution in [1.82, 2.24) is 4.90 Å². The van der Waals surface area contributed by atoms with Gasteiger partial charge in [0.1, 0.15) is 6.04 Å². The Morgan fingerprint density at radius 3 is 2.08 bits per heavy atom. The van der Waals surface area contributed by atoms with Gasteiger partial charge in [-0.25, -0.2) is 4.79 Å². The summed E-state index contributed by atoms with van der Waals surface area (Å²) in [4.78, 5) is 23.2. The summed E-state index contributed by atoms with van der Waals surface area (Å²) in [6.45, 7) is 3.64. The van der Waals surface area contributed by atoms with Crippen molar-refractivity contribution < 1.29 is 14.3 Å². The van der Waals surface area contributed by atoms with Crippen LogP contribution in [0.2, 0.25) is 0 Å². The molecule has 0 bridgehead atoms. The van der Waals surface area contributed by atoms with Crippen LogP contribution in [0.3, 0.4) is 0 Å². The largest absolute Gasteiger partial charge is 0.467 e. The summed E-state index contributed by atoms with van der Waals surface area (Å²) in [7, 11) is 7.81. The topological polar surface area (TPSA) is 46.6 Å². The fourth-order valence-electron chi connectivity index (χ4n) is 1.14. The molecule has 0 rings (SSSR count). The predicted octanol–water partition coefficient (Wildman–Crippen LogP) is 0.404. The minimum absolute atomic E-state index is 0.0232. The molecular formula is C8H14BNO3. The van der Waals surface area contributed by atoms with Crippen LogP contribution < -0.4 is 0 Å². The lowest BCUT2D eigenvalue weighted by Gasteiger charge is -2.28. The van der Waals surface area contributed by atoms with E-state index < -0.39 is 17.8 Å². The van der Waals surface area contributed by atoms with Gasteiger partial charge in [0, 0.05) is 7.05 Å². The van der Waals surface area contributed by atoms with Crippen molar-refractivity contribution in [1.29, 1.82) is 0 Å². The second-order valence-electron chi connectivity index (χ2n) is 3.16. The number of hydrogen-bond acceptors (Lipinski definition) is 3. The van der Waals surface area contributed by atoms with Gasteiger partial charge in [-0.05, 0) is 5.92 Å². The van der Waals surface area contributed by atoms with E-state index in [0.717, 1.165) is 0 Å². The molecule has 1 unspecified atom stereocenters. The maximum absolute atomic E-state index is 11.2. The number of carbonyl (C=O) groups is 2. The Hall–Kier alpha value is -0.995. The Morgan fingerprint density at radius 1 is 1.38 bits per heavy atom. The van der Waals surface area contributed by atoms with Crippen molar-refractivity contribution >= 4 is 19.6 Å². The third kappa shape index (κ3) is 3.09. The summed E-state index contributed by atoms with van der Waals surface area (Å²) in [6, 6.07) is -0.609. The molecule has 0 aliphatic rings. The SMILES string of the molecule is [B]C(=O)N(C)C(C(=O)OC)C(C)C. The number of amides is 1. The zero-order valence-corrected chi connectivity index (χ0v) is 8.40. The molecule has 4 nitrogen and oxygen atoms in total. The lowest BCUT2D eigenvalue weighted by molar-refractivity contribution is -0.146. The van der Waals surface area contributed by atoms with E-state index in [-0.39, 0.29) is 5.92 Å². The molecule has 1 atom stereocenters. The van der Waals surface area contributed by atoms with E-state index in [4.69, 9.17) is 7.85 Å². The molecule has 0 aromatic heterocycles. The maximum atomic E-state index is 11.2. The molecule has 0 saturated heterocycles. The summed E-state index contributed by atoms with van der Waals surface area (Å²) >= 11 is 0. The number of rotatable bonds is 3. The van der Waals surface area contributed by atoms with E-state index in [2.05, 4.69) is 4.74 Å². The van der Waals surface area contributed by atoms with Crippen molar-refractivity contribution in [2.24, 2.45) is 5.92 Å². The van der Waals surface area contributed by atoms with Crippen LogP contribution in [0.4, 0.5) is 4.79 Å². The molecule has 0 aromatic carbocycles. The van der Waals surface area contributed by atoms with Gasteiger partial charge in [-0.1, -0.05) is 13.8 Å². The van der Waals surface area contributed by atoms with Gasteiger partial charge in [-0.2, -0.15) is 0 Å². The fourth-order valence-corrected chi connectivity index (χ4v) is 1.14. The van der Waals surface area contributed by atoms with Gasteiger partial charge in [0.2, 0.25) is 7.85 Å². The van der Waals surface area contributed by atoms with Crippen LogP contribution in [-0.2, 0) is 9.53 Å². The number of nitrogens with zero attached hydrogens (tertiary/aromatic N) is 1. The summed E-state index contributed by atoms with van der Waals surface area (Å²) in [6.07, 6.45) is 0. The second kappa shape index (κ2) is 4.89. The van der Waals surface area contributed by atoms with Gasteiger partial charge in [0.25, 0.3) is 0 Å². The third-order valence-corrected chi connectivity index (χ3v) is 1.84. The summed E-state index contributed by atoms with van der Waals surface area (Å²) < 4.78 is 4.56. The first kappa shape index (κ1) is 12.0. The standard InChI is InChI=1S/C8H14BNO3/c1-5(2)6(7(11)13-4)10(3)8(9)12/h5-6H,1-4H3. The van der Waals surface area contributed by atoms with Crippen molar-refractivity contribution in [2.75, 3.05) is 14.2 Å². The van der Waals surface area contributed by atoms with Gasteiger partial charge in [0.15, 0.2) is 5.81 Å². The summed E-state index contributed by atoms with van der Waals surface area (Å²) in [5.41, 5.74) is 0. The molecule has 5 heteroatoms. The number of esters is 1. The van der Waals surface area contributed by atoms with E-state index >= 15 is 0 Å². The van der Waals surface area contributed by atoms with Gasteiger partial charge < -0.3 is 9.64 Å². The van der Waals surface area contributed by atoms with Crippen LogP contribution in [0.5, 0.6) is 0 Å². The highest BCUT2D eigenvalue weighted by molar-refractivity contribution is 6.57. The zero-order chi connectivity index (χ0) is 10.6. The molecule has 2 radical (unpaired) electrons. The van der Waals surface area contributed by atoms with E-state index in [1.807, 2.05) is 13.8 Å². The van der Waals surface area contributed by atoms with Crippen LogP contribution in [0.15, 0.2) is 0 Å². The summed E-state index contributed by atoms with van der Waals surface area (Å²) in [5, 5.41) is 0. The van der Waals surface area contributed by atoms with Gasteiger partial charge in [-0.15, -0.1) is 0 Å². The van der Waals surface area contributed by atoms with Crippen molar-refractivity contribution in [3.63, 3.8) is 0 Å². The molecule has 13 heavy (non-hydrogen) atoms. The molecule has 0 spiro atoms. The minimum atomic E-state index is -0.635. The van der Waals surface area contributed by atoms with Crippen molar-refractivity contribution in [3.8, 4) is 0 Å². The molecular weight excluding hydrogens is 169 g/mol. The van der Waals surface area contributed by atoms with Crippen molar-refractivity contribution in [3.05, 3.63) is 0 Å². The summed E-state index contributed by atoms with van der Waals surface area (Å²) in [5.74, 6) is -1.11. The molecule has 0 aromatic rings. The van der Waals surface area contributed by atoms with E-state index in [9.17, 15) is 9.59 Å². The normalized spacial score (nSPS) is 12.4. The van der Waals surface area contributed by atoms with Crippen LogP contribution in [0.1, 0.15) is 13.8 Å². The Balaban J connectivity index is 4.60. The van der Waals surface area contributed by atoms with Crippen LogP contribution in [0, 0.1) is 5.92 Å². The Kier molecular flexibility index (Phi) is 4.52. The van der Waals surface area contributed by atoms with Crippen LogP contribution in [0.25, 0.3) is 0 Å². The average molecular weight is 183 g/mol. The van der Waals surface area contributed by atoms with Gasteiger partial charge in [-0.3, -0.25) is 4.79 Å². The highest BCUT2D eigenvalue weighted by Gasteiger charge is 2.28. The molecule has 0 heterocycles. The van der Waals surface area contributed by atoms with Crippen molar-refractivity contribution in [2.45, 2.75) is 19.9 Å². The molecule has 0 aliphatic heterocycles. The number of ether oxygens (including phenoxy) is 1. The maximum Gasteiger partial charge on any atom is 0.328 e. The fraction of sp³-hybridized carbons (Fsp3) is 0.750. The molecule has 72 valence electrons. The Labute approximate surface area is 79.6 Å². The first-order chi connectivity index (χ1) is 5.91. The van der Waals surface area contributed by atoms with Gasteiger partial charge >= 0.3 is 5.97 Å². The number of hydrogen-bond donors (Lipinski definition) is 0.